The lowest BCUT2D eigenvalue weighted by molar-refractivity contribution is -0.582. The van der Waals surface area contributed by atoms with Crippen LogP contribution in [0.25, 0.3) is 0 Å². The van der Waals surface area contributed by atoms with Gasteiger partial charge in [0.15, 0.2) is 30.0 Å². The predicted molar refractivity (Wildman–Crippen MR) is 109 cm³/mol. The van der Waals surface area contributed by atoms with Crippen molar-refractivity contribution in [1.29, 1.82) is 0 Å². The van der Waals surface area contributed by atoms with Crippen LogP contribution in [-0.4, -0.2) is 66.3 Å². The summed E-state index contributed by atoms with van der Waals surface area (Å²) in [5.74, 6) is -2.08. The summed E-state index contributed by atoms with van der Waals surface area (Å²) in [4.78, 5) is 12.3. The molecule has 0 unspecified atom stereocenters. The van der Waals surface area contributed by atoms with E-state index in [0.717, 1.165) is 0 Å². The van der Waals surface area contributed by atoms with Gasteiger partial charge in [0.1, 0.15) is 17.9 Å². The van der Waals surface area contributed by atoms with Gasteiger partial charge in [-0.2, -0.15) is 4.86 Å². The first-order valence-electron chi connectivity index (χ1n) is 10.6. The van der Waals surface area contributed by atoms with E-state index in [4.69, 9.17) is 28.4 Å². The number of carbonyl (C=O) groups is 1. The minimum Gasteiger partial charge on any atom is -0.695 e. The molecule has 1 aromatic rings. The molecule has 3 heterocycles. The van der Waals surface area contributed by atoms with Crippen LogP contribution >= 0.6 is 0 Å². The summed E-state index contributed by atoms with van der Waals surface area (Å²) >= 11 is 0. The zero-order valence-corrected chi connectivity index (χ0v) is 18.8. The number of hydrogen-bond donors (Lipinski definition) is 1. The van der Waals surface area contributed by atoms with Crippen LogP contribution in [-0.2, 0) is 28.4 Å². The lowest BCUT2D eigenvalue weighted by Crippen LogP contribution is -2.47. The molecular formula is C21H29N3O8. The molecule has 3 fully saturated rings. The highest BCUT2D eigenvalue weighted by Gasteiger charge is 2.61. The highest BCUT2D eigenvalue weighted by Crippen LogP contribution is 2.41. The number of esters is 1. The Morgan fingerprint density at radius 3 is 2.50 bits per heavy atom. The smallest absolute Gasteiger partial charge is 0.338 e. The van der Waals surface area contributed by atoms with Crippen molar-refractivity contribution in [3.8, 4) is 0 Å². The number of nitrogens with zero attached hydrogens (tertiary/aromatic N) is 2. The molecule has 0 radical (unpaired) electrons. The quantitative estimate of drug-likeness (QED) is 0.301. The van der Waals surface area contributed by atoms with E-state index in [1.54, 1.807) is 58.9 Å². The van der Waals surface area contributed by atoms with E-state index in [2.05, 4.69) is 10.6 Å². The maximum Gasteiger partial charge on any atom is 0.338 e. The third-order valence-electron chi connectivity index (χ3n) is 5.38. The Morgan fingerprint density at radius 2 is 1.88 bits per heavy atom. The molecule has 0 spiro atoms. The topological polar surface area (TPSA) is 123 Å². The van der Waals surface area contributed by atoms with Gasteiger partial charge in [0.25, 0.3) is 0 Å². The van der Waals surface area contributed by atoms with E-state index in [9.17, 15) is 10.0 Å². The number of ether oxygens (including phenoxy) is 6. The van der Waals surface area contributed by atoms with E-state index in [1.807, 2.05) is 0 Å². The highest BCUT2D eigenvalue weighted by atomic mass is 16.8. The molecule has 32 heavy (non-hydrogen) atoms. The maximum absolute atomic E-state index is 13.1. The molecule has 176 valence electrons. The molecule has 0 aromatic heterocycles. The standard InChI is InChI=1S/C21H29N3O8/c1-6-27-18(25)12-7-9-13(10-8-12)22-23-24(26)15-16(14-11-28-20(2,3)30-14)29-19-17(15)31-21(4,5)32-19/h7-10,14-17,19,22H,6,11H2,1-5H3/b24-23-/t14-,15-,16-,17-,19-/m1/s1. The normalized spacial score (nSPS) is 33.2. The van der Waals surface area contributed by atoms with Crippen molar-refractivity contribution in [2.75, 3.05) is 18.6 Å². The fraction of sp³-hybridized carbons (Fsp3) is 0.667. The number of hydroxylamine groups is 1. The van der Waals surface area contributed by atoms with E-state index >= 15 is 0 Å². The summed E-state index contributed by atoms with van der Waals surface area (Å²) in [6.45, 7) is 9.42. The molecule has 11 nitrogen and oxygen atoms in total. The minimum atomic E-state index is -0.887. The molecule has 5 atom stereocenters. The molecule has 11 heteroatoms. The van der Waals surface area contributed by atoms with Gasteiger partial charge in [0.05, 0.1) is 24.0 Å². The maximum atomic E-state index is 13.1. The monoisotopic (exact) mass is 451 g/mol. The van der Waals surface area contributed by atoms with Crippen LogP contribution in [0.5, 0.6) is 0 Å². The SMILES string of the molecule is CCOC(=O)c1ccc(N/N=[N+](\[O-])[C@H]2[C@H]3OC(C)(C)O[C@H]3O[C@@H]2[C@H]2COC(C)(C)O2)cc1. The Morgan fingerprint density at radius 1 is 1.16 bits per heavy atom. The van der Waals surface area contributed by atoms with Crippen molar-refractivity contribution >= 4 is 11.7 Å². The van der Waals surface area contributed by atoms with Crippen LogP contribution in [0.2, 0.25) is 0 Å². The Hall–Kier alpha value is -2.31. The molecule has 3 aliphatic heterocycles. The van der Waals surface area contributed by atoms with E-state index in [0.29, 0.717) is 22.7 Å². The van der Waals surface area contributed by atoms with Gasteiger partial charge >= 0.3 is 5.97 Å². The third kappa shape index (κ3) is 4.71. The fourth-order valence-corrected chi connectivity index (χ4v) is 4.02. The first-order chi connectivity index (χ1) is 15.1. The van der Waals surface area contributed by atoms with Gasteiger partial charge in [0.2, 0.25) is 0 Å². The predicted octanol–water partition coefficient (Wildman–Crippen LogP) is 2.55. The van der Waals surface area contributed by atoms with Crippen LogP contribution in [0.15, 0.2) is 29.5 Å². The summed E-state index contributed by atoms with van der Waals surface area (Å²) in [7, 11) is 0. The zero-order chi connectivity index (χ0) is 23.1. The lowest BCUT2D eigenvalue weighted by atomic mass is 10.0. The molecular weight excluding hydrogens is 422 g/mol. The van der Waals surface area contributed by atoms with Crippen LogP contribution in [0, 0.1) is 5.21 Å². The molecule has 4 rings (SSSR count). The summed E-state index contributed by atoms with van der Waals surface area (Å²) < 4.78 is 34.3. The second-order valence-electron chi connectivity index (χ2n) is 8.74. The summed E-state index contributed by atoms with van der Waals surface area (Å²) in [5, 5.41) is 17.0. The zero-order valence-electron chi connectivity index (χ0n) is 18.8. The van der Waals surface area contributed by atoms with Gasteiger partial charge in [-0.05, 0) is 58.9 Å². The number of fused-ring (bicyclic) bond motifs is 1. The molecule has 1 N–H and O–H groups in total. The van der Waals surface area contributed by atoms with Crippen LogP contribution in [0.4, 0.5) is 5.69 Å². The Labute approximate surface area is 186 Å². The van der Waals surface area contributed by atoms with Crippen LogP contribution < -0.4 is 5.43 Å². The number of nitrogens with one attached hydrogen (secondary N) is 1. The first-order valence-corrected chi connectivity index (χ1v) is 10.6. The molecule has 0 aliphatic carbocycles. The second kappa shape index (κ2) is 8.56. The number of hydrogen-bond acceptors (Lipinski definition) is 9. The summed E-state index contributed by atoms with van der Waals surface area (Å²) in [6, 6.07) is 5.61. The first kappa shape index (κ1) is 22.9. The van der Waals surface area contributed by atoms with Gasteiger partial charge in [0, 0.05) is 0 Å². The van der Waals surface area contributed by atoms with Crippen molar-refractivity contribution in [3.63, 3.8) is 0 Å². The molecule has 1 aromatic carbocycles. The van der Waals surface area contributed by atoms with Crippen molar-refractivity contribution < 1.29 is 38.1 Å². The molecule has 0 amide bonds. The van der Waals surface area contributed by atoms with E-state index in [-0.39, 0.29) is 6.61 Å². The van der Waals surface area contributed by atoms with Crippen molar-refractivity contribution in [1.82, 2.24) is 0 Å². The Bertz CT molecular complexity index is 872. The average Bonchev–Trinajstić information content (AvgIpc) is 3.35. The largest absolute Gasteiger partial charge is 0.695 e. The van der Waals surface area contributed by atoms with Gasteiger partial charge in [-0.25, -0.2) is 4.79 Å². The van der Waals surface area contributed by atoms with Crippen molar-refractivity contribution in [3.05, 3.63) is 35.0 Å². The van der Waals surface area contributed by atoms with Gasteiger partial charge in [-0.1, -0.05) is 0 Å². The molecule has 0 saturated carbocycles. The van der Waals surface area contributed by atoms with Crippen molar-refractivity contribution in [2.24, 2.45) is 5.22 Å². The third-order valence-corrected chi connectivity index (χ3v) is 5.38. The van der Waals surface area contributed by atoms with Gasteiger partial charge in [-0.15, -0.1) is 5.43 Å². The van der Waals surface area contributed by atoms with Crippen molar-refractivity contribution in [2.45, 2.75) is 76.8 Å². The van der Waals surface area contributed by atoms with Crippen LogP contribution in [0.1, 0.15) is 45.0 Å². The molecule has 0 bridgehead atoms. The Kier molecular flexibility index (Phi) is 6.12. The van der Waals surface area contributed by atoms with E-state index in [1.165, 1.54) is 0 Å². The molecule has 3 saturated heterocycles. The average molecular weight is 451 g/mol. The number of anilines is 1. The minimum absolute atomic E-state index is 0.271. The fourth-order valence-electron chi connectivity index (χ4n) is 4.02. The second-order valence-corrected chi connectivity index (χ2v) is 8.74. The Balaban J connectivity index is 1.50. The lowest BCUT2D eigenvalue weighted by Gasteiger charge is -2.28. The number of benzene rings is 1. The van der Waals surface area contributed by atoms with Gasteiger partial charge < -0.3 is 33.6 Å². The number of carbonyl (C=O) groups excluding carboxylic acids is 1. The molecule has 3 aliphatic rings. The summed E-state index contributed by atoms with van der Waals surface area (Å²) in [6.07, 6.45) is -2.53. The summed E-state index contributed by atoms with van der Waals surface area (Å²) in [5.41, 5.74) is 3.64. The van der Waals surface area contributed by atoms with Gasteiger partial charge in [-0.3, -0.25) is 0 Å². The van der Waals surface area contributed by atoms with Crippen LogP contribution in [0.3, 0.4) is 0 Å². The highest BCUT2D eigenvalue weighted by molar-refractivity contribution is 5.89. The van der Waals surface area contributed by atoms with E-state index < -0.39 is 48.2 Å². The number of rotatable bonds is 6.